The Kier molecular flexibility index (Phi) is 3.79. The van der Waals surface area contributed by atoms with Crippen molar-refractivity contribution in [2.75, 3.05) is 6.61 Å². The van der Waals surface area contributed by atoms with Crippen molar-refractivity contribution in [3.63, 3.8) is 0 Å². The standard InChI is InChI=1S/C25H24N2O4/c1-3-13-8-9-18-21-14(13)6-5-7-15(21)16-11-27-19(22(16)26-18)10-17-23(24(27)29)31-12-20(28)25(17,30)4-2/h8-10,30H,3-7,11-12H2,1-2H3/t25-/m0/s1. The molecular weight excluding hydrogens is 392 g/mol. The number of nitrogens with zero attached hydrogens (tertiary/aromatic N) is 2. The van der Waals surface area contributed by atoms with Crippen LogP contribution in [0.3, 0.4) is 0 Å². The molecule has 6 rings (SSSR count). The second-order valence-electron chi connectivity index (χ2n) is 8.81. The van der Waals surface area contributed by atoms with Crippen LogP contribution in [0.15, 0.2) is 23.0 Å². The maximum atomic E-state index is 13.3. The summed E-state index contributed by atoms with van der Waals surface area (Å²) in [5, 5.41) is 12.3. The number of aromatic nitrogens is 2. The minimum Gasteiger partial charge on any atom is -0.480 e. The van der Waals surface area contributed by atoms with Crippen LogP contribution in [-0.2, 0) is 36.2 Å². The fourth-order valence-corrected chi connectivity index (χ4v) is 5.69. The van der Waals surface area contributed by atoms with Crippen LogP contribution in [-0.4, -0.2) is 27.0 Å². The van der Waals surface area contributed by atoms with Crippen LogP contribution in [0.1, 0.15) is 54.5 Å². The molecule has 31 heavy (non-hydrogen) atoms. The van der Waals surface area contributed by atoms with E-state index in [4.69, 9.17) is 9.72 Å². The number of ether oxygens (including phenoxy) is 1. The zero-order valence-corrected chi connectivity index (χ0v) is 17.7. The summed E-state index contributed by atoms with van der Waals surface area (Å²) < 4.78 is 7.21. The van der Waals surface area contributed by atoms with Crippen LogP contribution in [0.5, 0.6) is 5.75 Å². The topological polar surface area (TPSA) is 81.4 Å². The fourth-order valence-electron chi connectivity index (χ4n) is 5.69. The third kappa shape index (κ3) is 2.28. The van der Waals surface area contributed by atoms with Crippen molar-refractivity contribution in [2.45, 2.75) is 58.1 Å². The van der Waals surface area contributed by atoms with E-state index >= 15 is 0 Å². The van der Waals surface area contributed by atoms with Crippen LogP contribution in [0.4, 0.5) is 0 Å². The molecule has 0 bridgehead atoms. The third-order valence-electron chi connectivity index (χ3n) is 7.39. The van der Waals surface area contributed by atoms with Gasteiger partial charge in [-0.2, -0.15) is 0 Å². The molecule has 1 N–H and O–H groups in total. The van der Waals surface area contributed by atoms with E-state index in [2.05, 4.69) is 19.1 Å². The number of hydrogen-bond donors (Lipinski definition) is 1. The molecule has 0 amide bonds. The number of rotatable bonds is 2. The number of carbonyl (C=O) groups is 1. The number of fused-ring (bicyclic) bond motifs is 5. The molecule has 3 aliphatic rings. The number of ketones is 1. The molecule has 6 heteroatoms. The Morgan fingerprint density at radius 1 is 1.16 bits per heavy atom. The number of aryl methyl sites for hydroxylation is 3. The lowest BCUT2D eigenvalue weighted by molar-refractivity contribution is -0.143. The molecule has 158 valence electrons. The lowest BCUT2D eigenvalue weighted by Crippen LogP contribution is -2.45. The summed E-state index contributed by atoms with van der Waals surface area (Å²) in [5.41, 5.74) is 5.83. The minimum absolute atomic E-state index is 0.0904. The average Bonchev–Trinajstić information content (AvgIpc) is 3.16. The Labute approximate surface area is 179 Å². The number of hydrogen-bond acceptors (Lipinski definition) is 5. The first-order valence-electron chi connectivity index (χ1n) is 11.1. The highest BCUT2D eigenvalue weighted by Gasteiger charge is 2.45. The Bertz CT molecular complexity index is 1370. The van der Waals surface area contributed by atoms with Crippen molar-refractivity contribution in [2.24, 2.45) is 0 Å². The Balaban J connectivity index is 1.66. The number of benzene rings is 1. The Morgan fingerprint density at radius 2 is 1.97 bits per heavy atom. The Morgan fingerprint density at radius 3 is 2.74 bits per heavy atom. The highest BCUT2D eigenvalue weighted by molar-refractivity contribution is 5.94. The van der Waals surface area contributed by atoms with E-state index in [1.165, 1.54) is 22.1 Å². The van der Waals surface area contributed by atoms with Gasteiger partial charge in [-0.3, -0.25) is 14.2 Å². The molecule has 0 radical (unpaired) electrons. The molecule has 0 saturated heterocycles. The van der Waals surface area contributed by atoms with Crippen LogP contribution >= 0.6 is 0 Å². The van der Waals surface area contributed by atoms with Crippen molar-refractivity contribution in [3.05, 3.63) is 56.4 Å². The lowest BCUT2D eigenvalue weighted by atomic mass is 9.83. The van der Waals surface area contributed by atoms with Gasteiger partial charge in [-0.15, -0.1) is 0 Å². The zero-order chi connectivity index (χ0) is 21.5. The van der Waals surface area contributed by atoms with E-state index in [-0.39, 0.29) is 29.9 Å². The summed E-state index contributed by atoms with van der Waals surface area (Å²) in [4.78, 5) is 30.8. The van der Waals surface area contributed by atoms with E-state index in [9.17, 15) is 14.7 Å². The van der Waals surface area contributed by atoms with Gasteiger partial charge in [0.2, 0.25) is 5.78 Å². The molecular formula is C25H24N2O4. The van der Waals surface area contributed by atoms with E-state index in [1.807, 2.05) is 0 Å². The van der Waals surface area contributed by atoms with Crippen LogP contribution in [0.2, 0.25) is 0 Å². The van der Waals surface area contributed by atoms with Gasteiger partial charge in [0.1, 0.15) is 0 Å². The monoisotopic (exact) mass is 416 g/mol. The highest BCUT2D eigenvalue weighted by Crippen LogP contribution is 2.43. The maximum Gasteiger partial charge on any atom is 0.294 e. The van der Waals surface area contributed by atoms with Gasteiger partial charge < -0.3 is 9.84 Å². The maximum absolute atomic E-state index is 13.3. The van der Waals surface area contributed by atoms with Gasteiger partial charge in [-0.25, -0.2) is 4.98 Å². The van der Waals surface area contributed by atoms with Crippen molar-refractivity contribution < 1.29 is 14.6 Å². The number of aliphatic hydroxyl groups is 1. The van der Waals surface area contributed by atoms with Crippen LogP contribution in [0, 0.1) is 0 Å². The SMILES string of the molecule is CCc1ccc2nc3c(c4c2c1CCC4)Cn1c-3cc2c(c1=O)OCC(=O)[C@]2(O)CC. The number of Topliss-reactive ketones (excluding diaryl/α,β-unsaturated/α-hetero) is 1. The molecule has 1 aromatic carbocycles. The average molecular weight is 416 g/mol. The number of carbonyl (C=O) groups excluding carboxylic acids is 1. The quantitative estimate of drug-likeness (QED) is 0.543. The molecule has 4 heterocycles. The van der Waals surface area contributed by atoms with Crippen LogP contribution in [0.25, 0.3) is 22.3 Å². The van der Waals surface area contributed by atoms with Gasteiger partial charge in [-0.05, 0) is 60.9 Å². The van der Waals surface area contributed by atoms with Crippen molar-refractivity contribution in [1.29, 1.82) is 0 Å². The second-order valence-corrected chi connectivity index (χ2v) is 8.81. The van der Waals surface area contributed by atoms with Crippen molar-refractivity contribution >= 4 is 16.7 Å². The van der Waals surface area contributed by atoms with E-state index in [0.29, 0.717) is 12.2 Å². The zero-order valence-electron chi connectivity index (χ0n) is 17.7. The van der Waals surface area contributed by atoms with E-state index < -0.39 is 11.4 Å². The molecule has 0 saturated carbocycles. The predicted molar refractivity (Wildman–Crippen MR) is 117 cm³/mol. The van der Waals surface area contributed by atoms with E-state index in [0.717, 1.165) is 42.5 Å². The van der Waals surface area contributed by atoms with Gasteiger partial charge in [0.05, 0.1) is 23.4 Å². The normalized spacial score (nSPS) is 20.9. The highest BCUT2D eigenvalue weighted by atomic mass is 16.5. The lowest BCUT2D eigenvalue weighted by Gasteiger charge is -2.32. The molecule has 2 aromatic heterocycles. The van der Waals surface area contributed by atoms with Crippen LogP contribution < -0.4 is 10.3 Å². The summed E-state index contributed by atoms with van der Waals surface area (Å²) in [6.07, 6.45) is 4.31. The summed E-state index contributed by atoms with van der Waals surface area (Å²) in [7, 11) is 0. The largest absolute Gasteiger partial charge is 0.480 e. The molecule has 0 unspecified atom stereocenters. The minimum atomic E-state index is -1.70. The van der Waals surface area contributed by atoms with Crippen molar-refractivity contribution in [1.82, 2.24) is 9.55 Å². The van der Waals surface area contributed by atoms with Gasteiger partial charge in [0.15, 0.2) is 18.0 Å². The summed E-state index contributed by atoms with van der Waals surface area (Å²) in [5.74, 6) is -0.323. The molecule has 1 atom stereocenters. The van der Waals surface area contributed by atoms with Gasteiger partial charge in [0.25, 0.3) is 5.56 Å². The summed E-state index contributed by atoms with van der Waals surface area (Å²) >= 11 is 0. The van der Waals surface area contributed by atoms with E-state index in [1.54, 1.807) is 17.6 Å². The Hall–Kier alpha value is -2.99. The molecule has 0 fully saturated rings. The predicted octanol–water partition coefficient (Wildman–Crippen LogP) is 3.04. The van der Waals surface area contributed by atoms with Gasteiger partial charge >= 0.3 is 0 Å². The summed E-state index contributed by atoms with van der Waals surface area (Å²) in [6, 6.07) is 6.00. The first kappa shape index (κ1) is 18.8. The first-order valence-corrected chi connectivity index (χ1v) is 11.1. The summed E-state index contributed by atoms with van der Waals surface area (Å²) in [6.45, 7) is 4.10. The second kappa shape index (κ2) is 6.26. The van der Waals surface area contributed by atoms with Gasteiger partial charge in [0, 0.05) is 16.5 Å². The molecule has 1 aliphatic carbocycles. The molecule has 6 nitrogen and oxygen atoms in total. The first-order chi connectivity index (χ1) is 15.0. The fraction of sp³-hybridized carbons (Fsp3) is 0.400. The molecule has 2 aliphatic heterocycles. The molecule has 3 aromatic rings. The van der Waals surface area contributed by atoms with Gasteiger partial charge in [-0.1, -0.05) is 19.9 Å². The number of pyridine rings is 2. The molecule has 0 spiro atoms. The van der Waals surface area contributed by atoms with Crippen molar-refractivity contribution in [3.8, 4) is 17.1 Å². The smallest absolute Gasteiger partial charge is 0.294 e. The third-order valence-corrected chi connectivity index (χ3v) is 7.39.